The molecule has 0 spiro atoms. The lowest BCUT2D eigenvalue weighted by Crippen LogP contribution is -2.30. The molecule has 0 aliphatic carbocycles. The molecule has 9 heteroatoms. The summed E-state index contributed by atoms with van der Waals surface area (Å²) >= 11 is 5.87. The molecule has 8 nitrogen and oxygen atoms in total. The molecule has 2 rings (SSSR count). The molecule has 2 aromatic rings. The highest BCUT2D eigenvalue weighted by molar-refractivity contribution is 6.31. The topological polar surface area (TPSA) is 133 Å². The SMILES string of the molecule is NNC(=O)CCC(=O)N=Nc1c(O)[nH]c2ccc(Cl)cc12. The number of nitrogens with two attached hydrogens (primary N) is 1. The minimum atomic E-state index is -0.602. The van der Waals surface area contributed by atoms with Crippen LogP contribution in [0.4, 0.5) is 5.69 Å². The Balaban J connectivity index is 2.17. The van der Waals surface area contributed by atoms with Crippen molar-refractivity contribution in [1.82, 2.24) is 10.4 Å². The number of aromatic hydroxyl groups is 1. The van der Waals surface area contributed by atoms with Crippen LogP contribution in [-0.4, -0.2) is 21.9 Å². The lowest BCUT2D eigenvalue weighted by atomic mass is 10.2. The first-order chi connectivity index (χ1) is 10.0. The summed E-state index contributed by atoms with van der Waals surface area (Å²) in [6.45, 7) is 0. The molecular weight excluding hydrogens is 298 g/mol. The molecule has 0 fully saturated rings. The Morgan fingerprint density at radius 3 is 2.86 bits per heavy atom. The van der Waals surface area contributed by atoms with Crippen LogP contribution in [0.2, 0.25) is 5.02 Å². The average molecular weight is 310 g/mol. The number of hydrogen-bond acceptors (Lipinski definition) is 5. The van der Waals surface area contributed by atoms with Gasteiger partial charge in [0.05, 0.1) is 5.52 Å². The number of benzene rings is 1. The summed E-state index contributed by atoms with van der Waals surface area (Å²) in [7, 11) is 0. The van der Waals surface area contributed by atoms with Crippen LogP contribution in [0.5, 0.6) is 5.88 Å². The van der Waals surface area contributed by atoms with Crippen molar-refractivity contribution in [3.63, 3.8) is 0 Å². The van der Waals surface area contributed by atoms with Crippen LogP contribution in [0.1, 0.15) is 12.8 Å². The van der Waals surface area contributed by atoms with E-state index in [1.54, 1.807) is 18.2 Å². The van der Waals surface area contributed by atoms with Gasteiger partial charge in [0, 0.05) is 23.3 Å². The van der Waals surface area contributed by atoms with E-state index in [1.165, 1.54) is 0 Å². The van der Waals surface area contributed by atoms with Crippen LogP contribution in [-0.2, 0) is 9.59 Å². The van der Waals surface area contributed by atoms with Gasteiger partial charge >= 0.3 is 0 Å². The number of nitrogens with zero attached hydrogens (tertiary/aromatic N) is 2. The molecule has 0 aliphatic heterocycles. The first-order valence-electron chi connectivity index (χ1n) is 5.95. The van der Waals surface area contributed by atoms with E-state index >= 15 is 0 Å². The Bertz CT molecular complexity index is 725. The monoisotopic (exact) mass is 309 g/mol. The van der Waals surface area contributed by atoms with Crippen molar-refractivity contribution < 1.29 is 14.7 Å². The fourth-order valence-electron chi connectivity index (χ4n) is 1.69. The van der Waals surface area contributed by atoms with E-state index in [0.717, 1.165) is 0 Å². The Kier molecular flexibility index (Phi) is 4.51. The number of halogens is 1. The smallest absolute Gasteiger partial charge is 0.265 e. The number of aromatic nitrogens is 1. The van der Waals surface area contributed by atoms with Crippen LogP contribution in [0.25, 0.3) is 10.9 Å². The predicted octanol–water partition coefficient (Wildman–Crippen LogP) is 1.91. The number of rotatable bonds is 4. The summed E-state index contributed by atoms with van der Waals surface area (Å²) in [6, 6.07) is 4.91. The summed E-state index contributed by atoms with van der Waals surface area (Å²) in [4.78, 5) is 25.1. The number of amides is 2. The molecule has 0 radical (unpaired) electrons. The highest BCUT2D eigenvalue weighted by Crippen LogP contribution is 2.36. The molecule has 1 aromatic heterocycles. The van der Waals surface area contributed by atoms with Gasteiger partial charge in [0.25, 0.3) is 5.91 Å². The van der Waals surface area contributed by atoms with Gasteiger partial charge in [-0.15, -0.1) is 10.2 Å². The zero-order valence-corrected chi connectivity index (χ0v) is 11.5. The van der Waals surface area contributed by atoms with Gasteiger partial charge in [-0.2, -0.15) is 0 Å². The van der Waals surface area contributed by atoms with E-state index < -0.39 is 11.8 Å². The lowest BCUT2D eigenvalue weighted by molar-refractivity contribution is -0.125. The molecular formula is C12H12ClN5O3. The largest absolute Gasteiger partial charge is 0.493 e. The van der Waals surface area contributed by atoms with Crippen LogP contribution in [0.15, 0.2) is 28.4 Å². The zero-order chi connectivity index (χ0) is 15.4. The fourth-order valence-corrected chi connectivity index (χ4v) is 1.86. The van der Waals surface area contributed by atoms with Gasteiger partial charge in [-0.25, -0.2) is 5.84 Å². The Hall–Kier alpha value is -2.45. The molecule has 0 bridgehead atoms. The fraction of sp³-hybridized carbons (Fsp3) is 0.167. The molecule has 1 aromatic carbocycles. The maximum absolute atomic E-state index is 11.5. The zero-order valence-electron chi connectivity index (χ0n) is 10.8. The molecule has 5 N–H and O–H groups in total. The number of carbonyl (C=O) groups is 2. The van der Waals surface area contributed by atoms with E-state index in [1.807, 2.05) is 5.43 Å². The number of aromatic amines is 1. The molecule has 1 heterocycles. The van der Waals surface area contributed by atoms with E-state index in [9.17, 15) is 14.7 Å². The summed E-state index contributed by atoms with van der Waals surface area (Å²) < 4.78 is 0. The second-order valence-electron chi connectivity index (χ2n) is 4.17. The third-order valence-electron chi connectivity index (χ3n) is 2.70. The van der Waals surface area contributed by atoms with Gasteiger partial charge in [0.15, 0.2) is 5.69 Å². The van der Waals surface area contributed by atoms with E-state index in [4.69, 9.17) is 17.4 Å². The molecule has 0 saturated carbocycles. The molecule has 0 atom stereocenters. The summed E-state index contributed by atoms with van der Waals surface area (Å²) in [6.07, 6.45) is -0.212. The predicted molar refractivity (Wildman–Crippen MR) is 76.1 cm³/mol. The van der Waals surface area contributed by atoms with Crippen LogP contribution in [0, 0.1) is 0 Å². The van der Waals surface area contributed by atoms with Gasteiger partial charge < -0.3 is 10.1 Å². The van der Waals surface area contributed by atoms with Crippen molar-refractivity contribution in [3.8, 4) is 5.88 Å². The van der Waals surface area contributed by atoms with Crippen molar-refractivity contribution in [2.45, 2.75) is 12.8 Å². The highest BCUT2D eigenvalue weighted by Gasteiger charge is 2.11. The second-order valence-corrected chi connectivity index (χ2v) is 4.61. The number of fused-ring (bicyclic) bond motifs is 1. The van der Waals surface area contributed by atoms with Crippen molar-refractivity contribution in [2.24, 2.45) is 16.1 Å². The van der Waals surface area contributed by atoms with Crippen molar-refractivity contribution >= 4 is 40.0 Å². The van der Waals surface area contributed by atoms with E-state index in [2.05, 4.69) is 15.2 Å². The standard InChI is InChI=1S/C12H12ClN5O3/c13-6-1-2-8-7(5-6)11(12(21)15-8)18-17-10(20)4-3-9(19)16-14/h1-2,5,15,21H,3-4,14H2,(H,16,19). The minimum Gasteiger partial charge on any atom is -0.493 e. The third kappa shape index (κ3) is 3.56. The number of hydrogen-bond donors (Lipinski definition) is 4. The van der Waals surface area contributed by atoms with Crippen LogP contribution < -0.4 is 11.3 Å². The second kappa shape index (κ2) is 6.33. The molecule has 0 saturated heterocycles. The summed E-state index contributed by atoms with van der Waals surface area (Å²) in [5.41, 5.74) is 2.63. The number of carbonyl (C=O) groups excluding carboxylic acids is 2. The highest BCUT2D eigenvalue weighted by atomic mass is 35.5. The van der Waals surface area contributed by atoms with Gasteiger partial charge in [-0.3, -0.25) is 15.0 Å². The average Bonchev–Trinajstić information content (AvgIpc) is 2.77. The first-order valence-corrected chi connectivity index (χ1v) is 6.33. The number of nitrogens with one attached hydrogen (secondary N) is 2. The molecule has 21 heavy (non-hydrogen) atoms. The Labute approximate surface area is 124 Å². The minimum absolute atomic E-state index is 0.0833. The van der Waals surface area contributed by atoms with Crippen molar-refractivity contribution in [1.29, 1.82) is 0 Å². The van der Waals surface area contributed by atoms with E-state index in [0.29, 0.717) is 15.9 Å². The Morgan fingerprint density at radius 1 is 1.38 bits per heavy atom. The summed E-state index contributed by atoms with van der Waals surface area (Å²) in [5.74, 6) is 3.60. The Morgan fingerprint density at radius 2 is 2.14 bits per heavy atom. The van der Waals surface area contributed by atoms with E-state index in [-0.39, 0.29) is 24.4 Å². The number of H-pyrrole nitrogens is 1. The third-order valence-corrected chi connectivity index (χ3v) is 2.94. The number of hydrazine groups is 1. The van der Waals surface area contributed by atoms with Gasteiger partial charge in [0.1, 0.15) is 0 Å². The number of azo groups is 1. The van der Waals surface area contributed by atoms with Crippen LogP contribution >= 0.6 is 11.6 Å². The molecule has 110 valence electrons. The van der Waals surface area contributed by atoms with Gasteiger partial charge in [0.2, 0.25) is 11.8 Å². The maximum atomic E-state index is 11.5. The molecule has 0 aliphatic rings. The van der Waals surface area contributed by atoms with Gasteiger partial charge in [-0.1, -0.05) is 11.6 Å². The maximum Gasteiger partial charge on any atom is 0.265 e. The molecule has 0 unspecified atom stereocenters. The lowest BCUT2D eigenvalue weighted by Gasteiger charge is -1.95. The quantitative estimate of drug-likeness (QED) is 0.297. The summed E-state index contributed by atoms with van der Waals surface area (Å²) in [5, 5.41) is 17.9. The van der Waals surface area contributed by atoms with Crippen molar-refractivity contribution in [3.05, 3.63) is 23.2 Å². The van der Waals surface area contributed by atoms with Crippen LogP contribution in [0.3, 0.4) is 0 Å². The van der Waals surface area contributed by atoms with Gasteiger partial charge in [-0.05, 0) is 18.2 Å². The van der Waals surface area contributed by atoms with Crippen molar-refractivity contribution in [2.75, 3.05) is 0 Å². The normalized spacial score (nSPS) is 11.1. The molecule has 2 amide bonds. The first kappa shape index (κ1) is 14.9.